The van der Waals surface area contributed by atoms with E-state index >= 15 is 0 Å². The predicted molar refractivity (Wildman–Crippen MR) is 121 cm³/mol. The van der Waals surface area contributed by atoms with Crippen LogP contribution in [0.25, 0.3) is 10.9 Å². The molecule has 30 heavy (non-hydrogen) atoms. The molecule has 0 amide bonds. The van der Waals surface area contributed by atoms with Crippen LogP contribution in [0.2, 0.25) is 5.02 Å². The molecule has 2 N–H and O–H groups in total. The number of esters is 1. The summed E-state index contributed by atoms with van der Waals surface area (Å²) in [6.45, 7) is 4.19. The van der Waals surface area contributed by atoms with E-state index in [1.54, 1.807) is 19.1 Å². The number of ether oxygens (including phenoxy) is 1. The Labute approximate surface area is 179 Å². The Kier molecular flexibility index (Phi) is 5.95. The highest BCUT2D eigenvalue weighted by molar-refractivity contribution is 6.35. The largest absolute Gasteiger partial charge is 0.462 e. The van der Waals surface area contributed by atoms with Gasteiger partial charge in [-0.2, -0.15) is 0 Å². The van der Waals surface area contributed by atoms with Crippen LogP contribution in [0.1, 0.15) is 29.3 Å². The molecule has 4 rings (SSSR count). The maximum atomic E-state index is 12.7. The molecule has 0 unspecified atom stereocenters. The Bertz CT molecular complexity index is 1140. The van der Waals surface area contributed by atoms with Crippen molar-refractivity contribution in [2.75, 3.05) is 36.5 Å². The lowest BCUT2D eigenvalue weighted by atomic mass is 10.0. The second-order valence-electron chi connectivity index (χ2n) is 7.23. The number of anilines is 2. The molecule has 0 aliphatic carbocycles. The molecule has 7 heteroatoms. The number of fused-ring (bicyclic) bond motifs is 2. The number of aryl methyl sites for hydroxylation is 1. The van der Waals surface area contributed by atoms with E-state index in [4.69, 9.17) is 16.3 Å². The molecule has 0 fully saturated rings. The average Bonchev–Trinajstić information content (AvgIpc) is 2.74. The van der Waals surface area contributed by atoms with E-state index < -0.39 is 11.5 Å². The third-order valence-electron chi connectivity index (χ3n) is 5.37. The van der Waals surface area contributed by atoms with E-state index in [9.17, 15) is 9.59 Å². The fourth-order valence-corrected chi connectivity index (χ4v) is 4.25. The second kappa shape index (κ2) is 8.79. The molecule has 0 radical (unpaired) electrons. The summed E-state index contributed by atoms with van der Waals surface area (Å²) in [7, 11) is 0. The molecule has 0 atom stereocenters. The number of rotatable bonds is 6. The number of halogens is 1. The van der Waals surface area contributed by atoms with Gasteiger partial charge in [0, 0.05) is 30.7 Å². The standard InChI is InChI=1S/C23H24ClN3O3/c1-2-30-23(29)19-21(16-9-5-10-17(24)20(16)26-22(19)28)25-12-14-27-13-6-8-15-7-3-4-11-18(15)27/h3-5,7,9-11H,2,6,8,12-14H2,1H3,(H2,25,26,28). The lowest BCUT2D eigenvalue weighted by Crippen LogP contribution is -2.34. The lowest BCUT2D eigenvalue weighted by molar-refractivity contribution is 0.0525. The smallest absolute Gasteiger partial charge is 0.345 e. The average molecular weight is 426 g/mol. The van der Waals surface area contributed by atoms with Crippen LogP contribution in [0.15, 0.2) is 47.3 Å². The molecule has 2 aromatic carbocycles. The number of aromatic amines is 1. The Hall–Kier alpha value is -2.99. The van der Waals surface area contributed by atoms with Crippen molar-refractivity contribution >= 4 is 39.8 Å². The fraction of sp³-hybridized carbons (Fsp3) is 0.304. The molecule has 3 aromatic rings. The van der Waals surface area contributed by atoms with Gasteiger partial charge in [0.2, 0.25) is 0 Å². The van der Waals surface area contributed by atoms with Crippen molar-refractivity contribution in [1.82, 2.24) is 4.98 Å². The number of nitrogens with one attached hydrogen (secondary N) is 2. The molecule has 1 aliphatic heterocycles. The molecule has 0 saturated heterocycles. The van der Waals surface area contributed by atoms with Crippen LogP contribution in [0.3, 0.4) is 0 Å². The zero-order chi connectivity index (χ0) is 21.1. The summed E-state index contributed by atoms with van der Waals surface area (Å²) >= 11 is 6.28. The van der Waals surface area contributed by atoms with Crippen molar-refractivity contribution in [3.63, 3.8) is 0 Å². The lowest BCUT2D eigenvalue weighted by Gasteiger charge is -2.31. The van der Waals surface area contributed by atoms with Crippen LogP contribution in [0, 0.1) is 0 Å². The summed E-state index contributed by atoms with van der Waals surface area (Å²) in [6.07, 6.45) is 2.19. The van der Waals surface area contributed by atoms with Gasteiger partial charge < -0.3 is 19.9 Å². The van der Waals surface area contributed by atoms with Crippen LogP contribution in [-0.4, -0.2) is 37.2 Å². The number of benzene rings is 2. The number of carbonyl (C=O) groups excluding carboxylic acids is 1. The van der Waals surface area contributed by atoms with Crippen LogP contribution >= 0.6 is 11.6 Å². The van der Waals surface area contributed by atoms with Crippen molar-refractivity contribution in [1.29, 1.82) is 0 Å². The number of hydrogen-bond acceptors (Lipinski definition) is 5. The van der Waals surface area contributed by atoms with Gasteiger partial charge >= 0.3 is 5.97 Å². The van der Waals surface area contributed by atoms with Crippen molar-refractivity contribution < 1.29 is 9.53 Å². The van der Waals surface area contributed by atoms with Crippen LogP contribution in [-0.2, 0) is 11.2 Å². The fourth-order valence-electron chi connectivity index (χ4n) is 4.03. The summed E-state index contributed by atoms with van der Waals surface area (Å²) in [5, 5.41) is 4.43. The first kappa shape index (κ1) is 20.3. The van der Waals surface area contributed by atoms with Gasteiger partial charge in [-0.1, -0.05) is 41.9 Å². The van der Waals surface area contributed by atoms with Gasteiger partial charge in [0.15, 0.2) is 0 Å². The van der Waals surface area contributed by atoms with E-state index in [0.29, 0.717) is 28.2 Å². The third kappa shape index (κ3) is 3.87. The zero-order valence-electron chi connectivity index (χ0n) is 16.8. The molecule has 1 aromatic heterocycles. The maximum absolute atomic E-state index is 12.7. The molecule has 2 heterocycles. The van der Waals surface area contributed by atoms with Gasteiger partial charge in [0.25, 0.3) is 5.56 Å². The SMILES string of the molecule is CCOC(=O)c1c(NCCN2CCCc3ccccc32)c2cccc(Cl)c2[nH]c1=O. The first-order valence-corrected chi connectivity index (χ1v) is 10.6. The molecule has 0 bridgehead atoms. The summed E-state index contributed by atoms with van der Waals surface area (Å²) < 4.78 is 5.13. The van der Waals surface area contributed by atoms with E-state index in [0.717, 1.165) is 25.9 Å². The quantitative estimate of drug-likeness (QED) is 0.578. The number of para-hydroxylation sites is 2. The number of pyridine rings is 1. The molecular weight excluding hydrogens is 402 g/mol. The highest BCUT2D eigenvalue weighted by Gasteiger charge is 2.22. The number of aromatic nitrogens is 1. The first-order chi connectivity index (χ1) is 14.6. The van der Waals surface area contributed by atoms with E-state index in [2.05, 4.69) is 39.5 Å². The molecule has 1 aliphatic rings. The minimum atomic E-state index is -0.647. The first-order valence-electron chi connectivity index (χ1n) is 10.2. The molecule has 0 saturated carbocycles. The van der Waals surface area contributed by atoms with E-state index in [-0.39, 0.29) is 12.2 Å². The number of hydrogen-bond donors (Lipinski definition) is 2. The third-order valence-corrected chi connectivity index (χ3v) is 5.68. The minimum Gasteiger partial charge on any atom is -0.462 e. The summed E-state index contributed by atoms with van der Waals surface area (Å²) in [6, 6.07) is 13.8. The Morgan fingerprint density at radius 3 is 2.90 bits per heavy atom. The highest BCUT2D eigenvalue weighted by Crippen LogP contribution is 2.30. The van der Waals surface area contributed by atoms with Crippen molar-refractivity contribution in [3.05, 3.63) is 69.0 Å². The Morgan fingerprint density at radius 1 is 1.23 bits per heavy atom. The van der Waals surface area contributed by atoms with Crippen LogP contribution < -0.4 is 15.8 Å². The summed E-state index contributed by atoms with van der Waals surface area (Å²) in [5.41, 5.74) is 3.02. The van der Waals surface area contributed by atoms with Crippen molar-refractivity contribution in [2.24, 2.45) is 0 Å². The van der Waals surface area contributed by atoms with Crippen molar-refractivity contribution in [2.45, 2.75) is 19.8 Å². The zero-order valence-corrected chi connectivity index (χ0v) is 17.6. The number of H-pyrrole nitrogens is 1. The van der Waals surface area contributed by atoms with Crippen LogP contribution in [0.4, 0.5) is 11.4 Å². The molecule has 6 nitrogen and oxygen atoms in total. The summed E-state index contributed by atoms with van der Waals surface area (Å²) in [4.78, 5) is 30.3. The number of carbonyl (C=O) groups is 1. The van der Waals surface area contributed by atoms with E-state index in [1.807, 2.05) is 6.07 Å². The maximum Gasteiger partial charge on any atom is 0.345 e. The van der Waals surface area contributed by atoms with Crippen LogP contribution in [0.5, 0.6) is 0 Å². The minimum absolute atomic E-state index is 0.0225. The second-order valence-corrected chi connectivity index (χ2v) is 7.64. The van der Waals surface area contributed by atoms with Gasteiger partial charge in [0.05, 0.1) is 22.8 Å². The predicted octanol–water partition coefficient (Wildman–Crippen LogP) is 4.22. The molecular formula is C23H24ClN3O3. The highest BCUT2D eigenvalue weighted by atomic mass is 35.5. The summed E-state index contributed by atoms with van der Waals surface area (Å²) in [5.74, 6) is -0.647. The van der Waals surface area contributed by atoms with Crippen molar-refractivity contribution in [3.8, 4) is 0 Å². The number of nitrogens with zero attached hydrogens (tertiary/aromatic N) is 1. The topological polar surface area (TPSA) is 74.4 Å². The Balaban J connectivity index is 1.65. The van der Waals surface area contributed by atoms with Gasteiger partial charge in [-0.15, -0.1) is 0 Å². The molecule has 156 valence electrons. The van der Waals surface area contributed by atoms with Gasteiger partial charge in [-0.05, 0) is 37.5 Å². The van der Waals surface area contributed by atoms with Gasteiger partial charge in [-0.3, -0.25) is 4.79 Å². The Morgan fingerprint density at radius 2 is 2.07 bits per heavy atom. The monoisotopic (exact) mass is 425 g/mol. The normalized spacial score (nSPS) is 13.2. The van der Waals surface area contributed by atoms with E-state index in [1.165, 1.54) is 11.3 Å². The van der Waals surface area contributed by atoms with Gasteiger partial charge in [-0.25, -0.2) is 4.79 Å². The van der Waals surface area contributed by atoms with Gasteiger partial charge in [0.1, 0.15) is 5.56 Å². The molecule has 0 spiro atoms.